The topological polar surface area (TPSA) is 22.1 Å². The second kappa shape index (κ2) is 5.21. The van der Waals surface area contributed by atoms with Crippen LogP contribution in [0.1, 0.15) is 0 Å². The zero-order valence-electron chi connectivity index (χ0n) is 8.25. The van der Waals surface area contributed by atoms with Crippen molar-refractivity contribution in [3.8, 4) is 11.5 Å². The van der Waals surface area contributed by atoms with Gasteiger partial charge in [-0.1, -0.05) is 23.2 Å². The molecule has 0 saturated heterocycles. The third-order valence-electron chi connectivity index (χ3n) is 1.90. The van der Waals surface area contributed by atoms with Crippen molar-refractivity contribution in [1.29, 1.82) is 0 Å². The number of hydrogen-bond donors (Lipinski definition) is 0. The summed E-state index contributed by atoms with van der Waals surface area (Å²) in [6.45, 7) is 0. The summed E-state index contributed by atoms with van der Waals surface area (Å²) in [5.74, 6) is 0.0325. The van der Waals surface area contributed by atoms with Gasteiger partial charge in [0.2, 0.25) is 5.95 Å². The third kappa shape index (κ3) is 3.09. The van der Waals surface area contributed by atoms with Gasteiger partial charge >= 0.3 is 0 Å². The zero-order chi connectivity index (χ0) is 12.4. The molecule has 0 radical (unpaired) electrons. The van der Waals surface area contributed by atoms with Crippen LogP contribution in [-0.4, -0.2) is 4.98 Å². The van der Waals surface area contributed by atoms with Crippen LogP contribution >= 0.6 is 39.1 Å². The maximum Gasteiger partial charge on any atom is 0.216 e. The summed E-state index contributed by atoms with van der Waals surface area (Å²) in [7, 11) is 0. The fourth-order valence-electron chi connectivity index (χ4n) is 1.16. The van der Waals surface area contributed by atoms with E-state index in [0.29, 0.717) is 26.0 Å². The number of rotatable bonds is 2. The van der Waals surface area contributed by atoms with Gasteiger partial charge in [-0.05, 0) is 28.1 Å². The summed E-state index contributed by atoms with van der Waals surface area (Å²) >= 11 is 15.1. The Balaban J connectivity index is 2.33. The Morgan fingerprint density at radius 2 is 1.94 bits per heavy atom. The molecule has 1 aromatic heterocycles. The molecule has 0 aliphatic carbocycles. The molecule has 2 nitrogen and oxygen atoms in total. The SMILES string of the molecule is Fc1cc(Oc2cc(Cl)c(Br)cc2Cl)ccn1. The Labute approximate surface area is 115 Å². The van der Waals surface area contributed by atoms with Crippen molar-refractivity contribution in [2.24, 2.45) is 0 Å². The minimum Gasteiger partial charge on any atom is -0.456 e. The van der Waals surface area contributed by atoms with Crippen LogP contribution in [0.25, 0.3) is 0 Å². The molecular weight excluding hydrogens is 332 g/mol. The van der Waals surface area contributed by atoms with E-state index in [4.69, 9.17) is 27.9 Å². The van der Waals surface area contributed by atoms with Gasteiger partial charge in [-0.25, -0.2) is 4.98 Å². The van der Waals surface area contributed by atoms with Gasteiger partial charge in [-0.3, -0.25) is 0 Å². The Morgan fingerprint density at radius 1 is 1.18 bits per heavy atom. The standard InChI is InChI=1S/C11H5BrCl2FNO/c12-7-4-9(14)10(5-8(7)13)17-6-1-2-16-11(15)3-6/h1-5H. The minimum atomic E-state index is -0.623. The molecule has 0 N–H and O–H groups in total. The Hall–Kier alpha value is -0.840. The van der Waals surface area contributed by atoms with Crippen LogP contribution in [0.2, 0.25) is 10.0 Å². The van der Waals surface area contributed by atoms with E-state index < -0.39 is 5.95 Å². The van der Waals surface area contributed by atoms with Crippen molar-refractivity contribution in [2.75, 3.05) is 0 Å². The lowest BCUT2D eigenvalue weighted by molar-refractivity contribution is 0.472. The van der Waals surface area contributed by atoms with Gasteiger partial charge in [0.1, 0.15) is 11.5 Å². The summed E-state index contributed by atoms with van der Waals surface area (Å²) < 4.78 is 18.9. The molecule has 0 spiro atoms. The molecule has 0 atom stereocenters. The number of pyridine rings is 1. The molecule has 2 rings (SSSR count). The lowest BCUT2D eigenvalue weighted by Gasteiger charge is -2.08. The van der Waals surface area contributed by atoms with Crippen molar-refractivity contribution in [2.45, 2.75) is 0 Å². The van der Waals surface area contributed by atoms with Gasteiger partial charge < -0.3 is 4.74 Å². The van der Waals surface area contributed by atoms with E-state index in [2.05, 4.69) is 20.9 Å². The first-order valence-electron chi connectivity index (χ1n) is 4.50. The van der Waals surface area contributed by atoms with Crippen LogP contribution in [-0.2, 0) is 0 Å². The molecule has 0 aliphatic heterocycles. The van der Waals surface area contributed by atoms with Crippen LogP contribution in [0.3, 0.4) is 0 Å². The highest BCUT2D eigenvalue weighted by Gasteiger charge is 2.08. The summed E-state index contributed by atoms with van der Waals surface area (Å²) in [6.07, 6.45) is 1.30. The molecule has 0 unspecified atom stereocenters. The fourth-order valence-corrected chi connectivity index (χ4v) is 1.99. The first-order valence-corrected chi connectivity index (χ1v) is 6.05. The summed E-state index contributed by atoms with van der Waals surface area (Å²) in [5, 5.41) is 0.831. The van der Waals surface area contributed by atoms with E-state index >= 15 is 0 Å². The number of hydrogen-bond acceptors (Lipinski definition) is 2. The van der Waals surface area contributed by atoms with Gasteiger partial charge in [0.25, 0.3) is 0 Å². The molecule has 2 aromatic rings. The van der Waals surface area contributed by atoms with E-state index in [0.717, 1.165) is 6.07 Å². The number of ether oxygens (including phenoxy) is 1. The Morgan fingerprint density at radius 3 is 2.65 bits per heavy atom. The first kappa shape index (κ1) is 12.6. The lowest BCUT2D eigenvalue weighted by Crippen LogP contribution is -1.88. The van der Waals surface area contributed by atoms with E-state index in [9.17, 15) is 4.39 Å². The van der Waals surface area contributed by atoms with Crippen molar-refractivity contribution < 1.29 is 9.13 Å². The largest absolute Gasteiger partial charge is 0.456 e. The first-order chi connectivity index (χ1) is 8.06. The molecule has 1 heterocycles. The maximum absolute atomic E-state index is 12.9. The average molecular weight is 337 g/mol. The summed E-state index contributed by atoms with van der Waals surface area (Å²) in [6, 6.07) is 5.84. The Bertz CT molecular complexity index is 565. The third-order valence-corrected chi connectivity index (χ3v) is 3.39. The second-order valence-corrected chi connectivity index (χ2v) is 4.78. The molecule has 17 heavy (non-hydrogen) atoms. The predicted octanol–water partition coefficient (Wildman–Crippen LogP) is 5.08. The molecule has 88 valence electrons. The van der Waals surface area contributed by atoms with Gasteiger partial charge in [-0.2, -0.15) is 4.39 Å². The van der Waals surface area contributed by atoms with Gasteiger partial charge in [0.15, 0.2) is 0 Å². The molecule has 6 heteroatoms. The fraction of sp³-hybridized carbons (Fsp3) is 0. The van der Waals surface area contributed by atoms with Crippen LogP contribution in [0.15, 0.2) is 34.9 Å². The van der Waals surface area contributed by atoms with Gasteiger partial charge in [0.05, 0.1) is 10.0 Å². The number of benzene rings is 1. The molecular formula is C11H5BrCl2FNO. The van der Waals surface area contributed by atoms with Crippen molar-refractivity contribution in [1.82, 2.24) is 4.98 Å². The Kier molecular flexibility index (Phi) is 3.86. The molecule has 0 fully saturated rings. The molecule has 0 aliphatic rings. The van der Waals surface area contributed by atoms with Crippen LogP contribution in [0, 0.1) is 5.95 Å². The zero-order valence-corrected chi connectivity index (χ0v) is 11.4. The summed E-state index contributed by atoms with van der Waals surface area (Å²) in [4.78, 5) is 3.42. The van der Waals surface area contributed by atoms with Crippen molar-refractivity contribution >= 4 is 39.1 Å². The highest BCUT2D eigenvalue weighted by Crippen LogP contribution is 2.36. The quantitative estimate of drug-likeness (QED) is 0.563. The monoisotopic (exact) mass is 335 g/mol. The van der Waals surface area contributed by atoms with E-state index in [1.165, 1.54) is 12.3 Å². The minimum absolute atomic E-state index is 0.304. The van der Waals surface area contributed by atoms with Crippen LogP contribution in [0.5, 0.6) is 11.5 Å². The summed E-state index contributed by atoms with van der Waals surface area (Å²) in [5.41, 5.74) is 0. The predicted molar refractivity (Wildman–Crippen MR) is 68.4 cm³/mol. The highest BCUT2D eigenvalue weighted by atomic mass is 79.9. The van der Waals surface area contributed by atoms with E-state index in [1.54, 1.807) is 12.1 Å². The molecule has 0 amide bonds. The second-order valence-electron chi connectivity index (χ2n) is 3.11. The van der Waals surface area contributed by atoms with Crippen LogP contribution < -0.4 is 4.74 Å². The number of halogens is 4. The van der Waals surface area contributed by atoms with Crippen molar-refractivity contribution in [3.63, 3.8) is 0 Å². The smallest absolute Gasteiger partial charge is 0.216 e. The normalized spacial score (nSPS) is 10.4. The number of nitrogens with zero attached hydrogens (tertiary/aromatic N) is 1. The molecule has 0 saturated carbocycles. The van der Waals surface area contributed by atoms with Gasteiger partial charge in [0, 0.05) is 22.8 Å². The van der Waals surface area contributed by atoms with Crippen LogP contribution in [0.4, 0.5) is 4.39 Å². The lowest BCUT2D eigenvalue weighted by atomic mass is 10.3. The van der Waals surface area contributed by atoms with Crippen molar-refractivity contribution in [3.05, 3.63) is 50.9 Å². The number of aromatic nitrogens is 1. The highest BCUT2D eigenvalue weighted by molar-refractivity contribution is 9.10. The van der Waals surface area contributed by atoms with E-state index in [1.807, 2.05) is 0 Å². The molecule has 1 aromatic carbocycles. The maximum atomic E-state index is 12.9. The molecule has 0 bridgehead atoms. The average Bonchev–Trinajstić information content (AvgIpc) is 2.26. The van der Waals surface area contributed by atoms with E-state index in [-0.39, 0.29) is 0 Å². The van der Waals surface area contributed by atoms with Gasteiger partial charge in [-0.15, -0.1) is 0 Å².